The molecule has 7 heteroatoms. The minimum Gasteiger partial charge on any atom is -0.480 e. The molecule has 0 fully saturated rings. The van der Waals surface area contributed by atoms with Gasteiger partial charge in [0, 0.05) is 4.88 Å². The zero-order chi connectivity index (χ0) is 14.0. The topological polar surface area (TPSA) is 91.3 Å². The molecular weight excluding hydrogens is 266 g/mol. The van der Waals surface area contributed by atoms with Gasteiger partial charge in [-0.3, -0.25) is 5.32 Å². The molecule has 1 unspecified atom stereocenters. The van der Waals surface area contributed by atoms with Crippen LogP contribution in [0.3, 0.4) is 0 Å². The molecule has 104 valence electrons. The van der Waals surface area contributed by atoms with E-state index in [1.807, 2.05) is 0 Å². The van der Waals surface area contributed by atoms with Crippen LogP contribution in [0.1, 0.15) is 30.8 Å². The Morgan fingerprint density at radius 2 is 2.11 bits per heavy atom. The third-order valence-electron chi connectivity index (χ3n) is 3.04. The summed E-state index contributed by atoms with van der Waals surface area (Å²) >= 11 is 1.46. The van der Waals surface area contributed by atoms with Crippen LogP contribution in [0.25, 0.3) is 0 Å². The Hall–Kier alpha value is -1.63. The summed E-state index contributed by atoms with van der Waals surface area (Å²) in [6, 6.07) is -1.42. The molecule has 2 rings (SSSR count). The second-order valence-corrected chi connectivity index (χ2v) is 5.98. The number of aromatic nitrogens is 1. The van der Waals surface area contributed by atoms with E-state index in [9.17, 15) is 9.59 Å². The maximum Gasteiger partial charge on any atom is 0.326 e. The van der Waals surface area contributed by atoms with Crippen LogP contribution in [0.15, 0.2) is 0 Å². The van der Waals surface area contributed by atoms with Crippen molar-refractivity contribution in [1.29, 1.82) is 0 Å². The van der Waals surface area contributed by atoms with Crippen molar-refractivity contribution < 1.29 is 14.7 Å². The number of carboxylic acids is 1. The highest BCUT2D eigenvalue weighted by molar-refractivity contribution is 7.15. The van der Waals surface area contributed by atoms with Crippen molar-refractivity contribution in [2.45, 2.75) is 39.2 Å². The summed E-state index contributed by atoms with van der Waals surface area (Å²) in [6.45, 7) is 3.49. The third-order valence-corrected chi connectivity index (χ3v) is 4.11. The standard InChI is InChI=1S/C12H17N3O3S/c1-6(2)9(10(16)17)14-11(18)15-12-13-7-4-3-5-8(7)19-12/h6,9H,3-5H2,1-2H3,(H,16,17)(H2,13,14,15,18). The predicted octanol–water partition coefficient (Wildman–Crippen LogP) is 1.86. The lowest BCUT2D eigenvalue weighted by atomic mass is 10.1. The highest BCUT2D eigenvalue weighted by Gasteiger charge is 2.24. The largest absolute Gasteiger partial charge is 0.480 e. The van der Waals surface area contributed by atoms with E-state index in [0.29, 0.717) is 5.13 Å². The number of urea groups is 1. The van der Waals surface area contributed by atoms with E-state index in [4.69, 9.17) is 5.11 Å². The van der Waals surface area contributed by atoms with Gasteiger partial charge in [0.05, 0.1) is 5.69 Å². The van der Waals surface area contributed by atoms with E-state index >= 15 is 0 Å². The van der Waals surface area contributed by atoms with Gasteiger partial charge in [0.1, 0.15) is 6.04 Å². The molecular formula is C12H17N3O3S. The molecule has 1 aromatic heterocycles. The van der Waals surface area contributed by atoms with E-state index in [-0.39, 0.29) is 5.92 Å². The molecule has 0 aromatic carbocycles. The molecule has 1 atom stereocenters. The molecule has 0 saturated heterocycles. The van der Waals surface area contributed by atoms with Crippen LogP contribution in [0.4, 0.5) is 9.93 Å². The van der Waals surface area contributed by atoms with Crippen molar-refractivity contribution in [3.63, 3.8) is 0 Å². The Morgan fingerprint density at radius 3 is 2.68 bits per heavy atom. The average molecular weight is 283 g/mol. The summed E-state index contributed by atoms with van der Waals surface area (Å²) < 4.78 is 0. The average Bonchev–Trinajstić information content (AvgIpc) is 2.85. The molecule has 0 saturated carbocycles. The number of hydrogen-bond acceptors (Lipinski definition) is 4. The van der Waals surface area contributed by atoms with E-state index < -0.39 is 18.0 Å². The fourth-order valence-corrected chi connectivity index (χ4v) is 3.08. The third kappa shape index (κ3) is 3.23. The normalized spacial score (nSPS) is 15.1. The van der Waals surface area contributed by atoms with Crippen LogP contribution < -0.4 is 10.6 Å². The number of rotatable bonds is 4. The molecule has 1 aromatic rings. The van der Waals surface area contributed by atoms with Crippen LogP contribution in [0.5, 0.6) is 0 Å². The first kappa shape index (κ1) is 13.8. The van der Waals surface area contributed by atoms with Gasteiger partial charge in [-0.05, 0) is 25.2 Å². The first-order chi connectivity index (χ1) is 8.97. The lowest BCUT2D eigenvalue weighted by molar-refractivity contribution is -0.140. The van der Waals surface area contributed by atoms with Gasteiger partial charge in [-0.25, -0.2) is 14.6 Å². The van der Waals surface area contributed by atoms with E-state index in [1.165, 1.54) is 16.2 Å². The maximum atomic E-state index is 11.7. The van der Waals surface area contributed by atoms with E-state index in [2.05, 4.69) is 15.6 Å². The lowest BCUT2D eigenvalue weighted by Crippen LogP contribution is -2.46. The first-order valence-corrected chi connectivity index (χ1v) is 7.08. The van der Waals surface area contributed by atoms with Crippen LogP contribution in [-0.2, 0) is 17.6 Å². The monoisotopic (exact) mass is 283 g/mol. The van der Waals surface area contributed by atoms with Crippen LogP contribution in [0, 0.1) is 5.92 Å². The number of aliphatic carboxylic acids is 1. The number of nitrogens with zero attached hydrogens (tertiary/aromatic N) is 1. The molecule has 1 aliphatic rings. The Morgan fingerprint density at radius 1 is 1.37 bits per heavy atom. The van der Waals surface area contributed by atoms with Gasteiger partial charge in [-0.2, -0.15) is 0 Å². The minimum atomic E-state index is -1.04. The van der Waals surface area contributed by atoms with E-state index in [0.717, 1.165) is 25.0 Å². The summed E-state index contributed by atoms with van der Waals surface area (Å²) in [5, 5.41) is 14.6. The number of carboxylic acid groups (broad SMARTS) is 1. The first-order valence-electron chi connectivity index (χ1n) is 6.26. The molecule has 1 aliphatic carbocycles. The summed E-state index contributed by atoms with van der Waals surface area (Å²) in [4.78, 5) is 28.3. The van der Waals surface area contributed by atoms with Crippen molar-refractivity contribution in [2.75, 3.05) is 5.32 Å². The number of amides is 2. The van der Waals surface area contributed by atoms with Gasteiger partial charge in [0.15, 0.2) is 5.13 Å². The number of carbonyl (C=O) groups excluding carboxylic acids is 1. The quantitative estimate of drug-likeness (QED) is 0.786. The van der Waals surface area contributed by atoms with Gasteiger partial charge < -0.3 is 10.4 Å². The second kappa shape index (κ2) is 5.56. The minimum absolute atomic E-state index is 0.176. The van der Waals surface area contributed by atoms with Crippen molar-refractivity contribution in [3.05, 3.63) is 10.6 Å². The second-order valence-electron chi connectivity index (χ2n) is 4.90. The maximum absolute atomic E-state index is 11.7. The fraction of sp³-hybridized carbons (Fsp3) is 0.583. The van der Waals surface area contributed by atoms with Gasteiger partial charge in [-0.1, -0.05) is 13.8 Å². The molecule has 0 bridgehead atoms. The molecule has 0 radical (unpaired) electrons. The molecule has 0 spiro atoms. The number of nitrogens with one attached hydrogen (secondary N) is 2. The summed E-state index contributed by atoms with van der Waals surface area (Å²) in [5.74, 6) is -1.21. The van der Waals surface area contributed by atoms with Crippen molar-refractivity contribution >= 4 is 28.5 Å². The van der Waals surface area contributed by atoms with Gasteiger partial charge in [0.25, 0.3) is 0 Å². The van der Waals surface area contributed by atoms with Crippen molar-refractivity contribution in [2.24, 2.45) is 5.92 Å². The SMILES string of the molecule is CC(C)C(NC(=O)Nc1nc2c(s1)CCC2)C(=O)O. The molecule has 0 aliphatic heterocycles. The summed E-state index contributed by atoms with van der Waals surface area (Å²) in [7, 11) is 0. The van der Waals surface area contributed by atoms with Crippen LogP contribution in [-0.4, -0.2) is 28.1 Å². The molecule has 1 heterocycles. The Bertz CT molecular complexity index is 477. The highest BCUT2D eigenvalue weighted by Crippen LogP contribution is 2.30. The predicted molar refractivity (Wildman–Crippen MR) is 72.6 cm³/mol. The van der Waals surface area contributed by atoms with Crippen LogP contribution >= 0.6 is 11.3 Å². The molecule has 3 N–H and O–H groups in total. The molecule has 2 amide bonds. The number of thiazole rings is 1. The van der Waals surface area contributed by atoms with Crippen molar-refractivity contribution in [3.8, 4) is 0 Å². The summed E-state index contributed by atoms with van der Waals surface area (Å²) in [6.07, 6.45) is 3.09. The van der Waals surface area contributed by atoms with Gasteiger partial charge in [-0.15, -0.1) is 11.3 Å². The van der Waals surface area contributed by atoms with Crippen molar-refractivity contribution in [1.82, 2.24) is 10.3 Å². The zero-order valence-corrected chi connectivity index (χ0v) is 11.7. The zero-order valence-electron chi connectivity index (χ0n) is 10.9. The van der Waals surface area contributed by atoms with Crippen LogP contribution in [0.2, 0.25) is 0 Å². The Labute approximate surface area is 115 Å². The number of hydrogen-bond donors (Lipinski definition) is 3. The number of aryl methyl sites for hydroxylation is 2. The number of carbonyl (C=O) groups is 2. The highest BCUT2D eigenvalue weighted by atomic mass is 32.1. The van der Waals surface area contributed by atoms with E-state index in [1.54, 1.807) is 13.8 Å². The van der Waals surface area contributed by atoms with Gasteiger partial charge >= 0.3 is 12.0 Å². The van der Waals surface area contributed by atoms with Gasteiger partial charge in [0.2, 0.25) is 0 Å². The lowest BCUT2D eigenvalue weighted by Gasteiger charge is -2.17. The number of fused-ring (bicyclic) bond motifs is 1. The summed E-state index contributed by atoms with van der Waals surface area (Å²) in [5.41, 5.74) is 1.05. The molecule has 19 heavy (non-hydrogen) atoms. The smallest absolute Gasteiger partial charge is 0.326 e. The fourth-order valence-electron chi connectivity index (χ4n) is 2.03. The Balaban J connectivity index is 1.95. The molecule has 6 nitrogen and oxygen atoms in total. The number of anilines is 1. The Kier molecular flexibility index (Phi) is 4.04.